The van der Waals surface area contributed by atoms with Crippen LogP contribution in [0.1, 0.15) is 24.7 Å². The minimum absolute atomic E-state index is 0.153. The molecule has 0 amide bonds. The molecule has 194 valence electrons. The van der Waals surface area contributed by atoms with Crippen LogP contribution in [0.4, 0.5) is 0 Å². The van der Waals surface area contributed by atoms with Gasteiger partial charge in [-0.05, 0) is 31.2 Å². The van der Waals surface area contributed by atoms with Crippen molar-refractivity contribution in [1.29, 1.82) is 0 Å². The zero-order chi connectivity index (χ0) is 26.6. The number of halogens is 1. The third-order valence-electron chi connectivity index (χ3n) is 5.75. The largest absolute Gasteiger partial charge is 0.494 e. The molecule has 0 aliphatic rings. The van der Waals surface area contributed by atoms with Crippen LogP contribution in [0.2, 0.25) is 5.02 Å². The molecule has 0 fully saturated rings. The predicted octanol–water partition coefficient (Wildman–Crippen LogP) is 3.48. The van der Waals surface area contributed by atoms with E-state index in [1.165, 1.54) is 40.6 Å². The van der Waals surface area contributed by atoms with Gasteiger partial charge in [0.05, 0.1) is 24.5 Å². The van der Waals surface area contributed by atoms with Crippen molar-refractivity contribution in [2.24, 2.45) is 0 Å². The molecule has 11 nitrogen and oxygen atoms in total. The fourth-order valence-electron chi connectivity index (χ4n) is 3.85. The normalized spacial score (nSPS) is 13.2. The zero-order valence-electron chi connectivity index (χ0n) is 20.6. The van der Waals surface area contributed by atoms with Crippen LogP contribution in [0.15, 0.2) is 55.1 Å². The molecule has 4 aromatic rings. The van der Waals surface area contributed by atoms with E-state index in [-0.39, 0.29) is 11.6 Å². The fourth-order valence-corrected chi connectivity index (χ4v) is 5.37. The highest BCUT2D eigenvalue weighted by Gasteiger charge is 2.35. The molecule has 3 aromatic heterocycles. The van der Waals surface area contributed by atoms with Gasteiger partial charge in [0, 0.05) is 37.5 Å². The van der Waals surface area contributed by atoms with E-state index in [0.29, 0.717) is 33.6 Å². The van der Waals surface area contributed by atoms with Crippen LogP contribution in [0.25, 0.3) is 17.1 Å². The SMILES string of the molecule is COc1cccc(OC)c1-n1c(CS(=O)(=O)[C@@H](C)[C@@H](OC)c2ncc(Cl)cn2)nnc1-c1cccnc1. The van der Waals surface area contributed by atoms with Gasteiger partial charge >= 0.3 is 0 Å². The number of pyridine rings is 1. The molecule has 0 N–H and O–H groups in total. The topological polar surface area (TPSA) is 131 Å². The van der Waals surface area contributed by atoms with Gasteiger partial charge in [-0.15, -0.1) is 10.2 Å². The maximum atomic E-state index is 13.7. The maximum Gasteiger partial charge on any atom is 0.170 e. The smallest absolute Gasteiger partial charge is 0.170 e. The number of methoxy groups -OCH3 is 3. The summed E-state index contributed by atoms with van der Waals surface area (Å²) in [5.74, 6) is 1.15. The van der Waals surface area contributed by atoms with Crippen molar-refractivity contribution in [2.45, 2.75) is 24.0 Å². The molecule has 3 heterocycles. The van der Waals surface area contributed by atoms with Crippen LogP contribution in [0.5, 0.6) is 11.5 Å². The van der Waals surface area contributed by atoms with E-state index in [9.17, 15) is 8.42 Å². The van der Waals surface area contributed by atoms with Crippen LogP contribution in [0, 0.1) is 0 Å². The van der Waals surface area contributed by atoms with Crippen molar-refractivity contribution in [2.75, 3.05) is 21.3 Å². The van der Waals surface area contributed by atoms with E-state index in [4.69, 9.17) is 25.8 Å². The monoisotopic (exact) mass is 544 g/mol. The number of hydrogen-bond acceptors (Lipinski definition) is 10. The Balaban J connectivity index is 1.83. The van der Waals surface area contributed by atoms with Crippen LogP contribution >= 0.6 is 11.6 Å². The van der Waals surface area contributed by atoms with Crippen molar-refractivity contribution in [1.82, 2.24) is 29.7 Å². The number of ether oxygens (including phenoxy) is 3. The summed E-state index contributed by atoms with van der Waals surface area (Å²) in [7, 11) is 0.548. The average molecular weight is 545 g/mol. The Morgan fingerprint density at radius 2 is 1.65 bits per heavy atom. The van der Waals surface area contributed by atoms with E-state index in [0.717, 1.165) is 0 Å². The molecule has 0 saturated carbocycles. The molecule has 0 bridgehead atoms. The first kappa shape index (κ1) is 26.5. The molecular formula is C24H25ClN6O5S. The van der Waals surface area contributed by atoms with E-state index in [1.54, 1.807) is 47.3 Å². The summed E-state index contributed by atoms with van der Waals surface area (Å²) in [6, 6.07) is 8.80. The summed E-state index contributed by atoms with van der Waals surface area (Å²) in [5.41, 5.74) is 1.09. The van der Waals surface area contributed by atoms with Crippen LogP contribution in [0.3, 0.4) is 0 Å². The van der Waals surface area contributed by atoms with Gasteiger partial charge in [-0.2, -0.15) is 0 Å². The lowest BCUT2D eigenvalue weighted by atomic mass is 10.2. The molecule has 0 unspecified atom stereocenters. The van der Waals surface area contributed by atoms with E-state index >= 15 is 0 Å². The Morgan fingerprint density at radius 3 is 2.22 bits per heavy atom. The molecule has 0 radical (unpaired) electrons. The van der Waals surface area contributed by atoms with E-state index in [1.807, 2.05) is 0 Å². The summed E-state index contributed by atoms with van der Waals surface area (Å²) >= 11 is 5.89. The van der Waals surface area contributed by atoms with Crippen molar-refractivity contribution in [3.63, 3.8) is 0 Å². The summed E-state index contributed by atoms with van der Waals surface area (Å²) in [5, 5.41) is 7.89. The van der Waals surface area contributed by atoms with Gasteiger partial charge in [-0.1, -0.05) is 17.7 Å². The Morgan fingerprint density at radius 1 is 0.973 bits per heavy atom. The molecule has 13 heteroatoms. The number of nitrogens with zero attached hydrogens (tertiary/aromatic N) is 6. The zero-order valence-corrected chi connectivity index (χ0v) is 22.1. The lowest BCUT2D eigenvalue weighted by molar-refractivity contribution is 0.0948. The van der Waals surface area contributed by atoms with E-state index < -0.39 is 26.9 Å². The first-order valence-corrected chi connectivity index (χ1v) is 13.2. The molecule has 0 spiro atoms. The Kier molecular flexibility index (Phi) is 8.00. The molecule has 0 aliphatic carbocycles. The Hall–Kier alpha value is -3.61. The minimum Gasteiger partial charge on any atom is -0.494 e. The minimum atomic E-state index is -3.88. The van der Waals surface area contributed by atoms with Gasteiger partial charge in [0.2, 0.25) is 0 Å². The molecule has 37 heavy (non-hydrogen) atoms. The lowest BCUT2D eigenvalue weighted by Gasteiger charge is -2.22. The van der Waals surface area contributed by atoms with Gasteiger partial charge < -0.3 is 14.2 Å². The van der Waals surface area contributed by atoms with Crippen molar-refractivity contribution in [3.8, 4) is 28.6 Å². The van der Waals surface area contributed by atoms with Gasteiger partial charge in [-0.3, -0.25) is 9.55 Å². The molecule has 0 saturated heterocycles. The van der Waals surface area contributed by atoms with Crippen molar-refractivity contribution >= 4 is 21.4 Å². The summed E-state index contributed by atoms with van der Waals surface area (Å²) < 4.78 is 45.6. The van der Waals surface area contributed by atoms with E-state index in [2.05, 4.69) is 25.1 Å². The van der Waals surface area contributed by atoms with Crippen molar-refractivity contribution in [3.05, 3.63) is 71.8 Å². The molecular weight excluding hydrogens is 520 g/mol. The first-order valence-electron chi connectivity index (χ1n) is 11.1. The molecule has 2 atom stereocenters. The number of aromatic nitrogens is 6. The summed E-state index contributed by atoms with van der Waals surface area (Å²) in [4.78, 5) is 12.4. The molecule has 4 rings (SSSR count). The summed E-state index contributed by atoms with van der Waals surface area (Å²) in [6.07, 6.45) is 5.09. The number of hydrogen-bond donors (Lipinski definition) is 0. The quantitative estimate of drug-likeness (QED) is 0.292. The molecule has 0 aliphatic heterocycles. The average Bonchev–Trinajstić information content (AvgIpc) is 3.32. The third kappa shape index (κ3) is 5.41. The summed E-state index contributed by atoms with van der Waals surface area (Å²) in [6.45, 7) is 1.54. The number of para-hydroxylation sites is 1. The predicted molar refractivity (Wildman–Crippen MR) is 137 cm³/mol. The van der Waals surface area contributed by atoms with Gasteiger partial charge in [-0.25, -0.2) is 18.4 Å². The second-order valence-electron chi connectivity index (χ2n) is 7.96. The second kappa shape index (κ2) is 11.2. The number of rotatable bonds is 10. The standard InChI is InChI=1S/C24H25ClN6O5S/c1-15(22(36-4)23-27-12-17(25)13-28-23)37(32,33)14-20-29-30-24(16-7-6-10-26-11-16)31(20)21-18(34-2)8-5-9-19(21)35-3/h5-13,15,22H,14H2,1-4H3/t15-,22+/m0/s1. The third-order valence-corrected chi connectivity index (χ3v) is 7.98. The Labute approximate surface area is 219 Å². The highest BCUT2D eigenvalue weighted by Crippen LogP contribution is 2.37. The number of benzene rings is 1. The lowest BCUT2D eigenvalue weighted by Crippen LogP contribution is -2.30. The Bertz CT molecular complexity index is 1440. The fraction of sp³-hybridized carbons (Fsp3) is 0.292. The second-order valence-corrected chi connectivity index (χ2v) is 10.8. The maximum absolute atomic E-state index is 13.7. The van der Waals surface area contributed by atoms with Crippen molar-refractivity contribution < 1.29 is 22.6 Å². The first-order chi connectivity index (χ1) is 17.8. The molecule has 1 aromatic carbocycles. The highest BCUT2D eigenvalue weighted by atomic mass is 35.5. The van der Waals surface area contributed by atoms with Crippen LogP contribution in [-0.2, 0) is 20.3 Å². The number of sulfone groups is 1. The highest BCUT2D eigenvalue weighted by molar-refractivity contribution is 7.91. The van der Waals surface area contributed by atoms with Crippen LogP contribution in [-0.4, -0.2) is 64.7 Å². The van der Waals surface area contributed by atoms with Crippen LogP contribution < -0.4 is 9.47 Å². The van der Waals surface area contributed by atoms with Gasteiger partial charge in [0.15, 0.2) is 27.3 Å². The van der Waals surface area contributed by atoms with Gasteiger partial charge in [0.1, 0.15) is 29.0 Å². The van der Waals surface area contributed by atoms with Gasteiger partial charge in [0.25, 0.3) is 0 Å².